The summed E-state index contributed by atoms with van der Waals surface area (Å²) in [5, 5.41) is 3.82. The van der Waals surface area contributed by atoms with Gasteiger partial charge in [0.25, 0.3) is 0 Å². The van der Waals surface area contributed by atoms with E-state index in [4.69, 9.17) is 0 Å². The lowest BCUT2D eigenvalue weighted by atomic mass is 9.84. The molecular weight excluding hydrogens is 264 g/mol. The van der Waals surface area contributed by atoms with E-state index in [1.165, 1.54) is 76.2 Å². The molecule has 3 heteroatoms. The second-order valence-electron chi connectivity index (χ2n) is 6.06. The summed E-state index contributed by atoms with van der Waals surface area (Å²) in [5.41, 5.74) is 0. The van der Waals surface area contributed by atoms with Crippen LogP contribution in [0.2, 0.25) is 0 Å². The fourth-order valence-electron chi connectivity index (χ4n) is 3.17. The zero-order valence-corrected chi connectivity index (χ0v) is 14.8. The molecule has 0 amide bonds. The highest BCUT2D eigenvalue weighted by Gasteiger charge is 2.22. The number of nitrogens with one attached hydrogen (secondary N) is 1. The zero-order chi connectivity index (χ0) is 14.6. The largest absolute Gasteiger partial charge is 0.313 e. The number of rotatable bonds is 11. The normalized spacial score (nSPS) is 18.6. The fraction of sp³-hybridized carbons (Fsp3) is 1.00. The Kier molecular flexibility index (Phi) is 10.9. The minimum atomic E-state index is 0.761. The van der Waals surface area contributed by atoms with Crippen molar-refractivity contribution in [2.75, 3.05) is 37.7 Å². The zero-order valence-electron chi connectivity index (χ0n) is 14.0. The van der Waals surface area contributed by atoms with Crippen LogP contribution in [0.4, 0.5) is 0 Å². The third-order valence-corrected chi connectivity index (χ3v) is 5.69. The summed E-state index contributed by atoms with van der Waals surface area (Å²) in [6.45, 7) is 11.6. The molecule has 1 aliphatic rings. The van der Waals surface area contributed by atoms with Gasteiger partial charge in [0.15, 0.2) is 0 Å². The minimum absolute atomic E-state index is 0.761. The van der Waals surface area contributed by atoms with E-state index in [0.29, 0.717) is 0 Å². The summed E-state index contributed by atoms with van der Waals surface area (Å²) >= 11 is 2.16. The molecule has 120 valence electrons. The van der Waals surface area contributed by atoms with Crippen LogP contribution in [0.3, 0.4) is 0 Å². The fourth-order valence-corrected chi connectivity index (χ4v) is 4.37. The first-order valence-corrected chi connectivity index (χ1v) is 10.0. The van der Waals surface area contributed by atoms with Gasteiger partial charge in [-0.25, -0.2) is 0 Å². The van der Waals surface area contributed by atoms with E-state index in [1.807, 2.05) is 0 Å². The molecule has 1 N–H and O–H groups in total. The third-order valence-electron chi connectivity index (χ3n) is 4.62. The first-order valence-electron chi connectivity index (χ1n) is 8.85. The quantitative estimate of drug-likeness (QED) is 0.580. The predicted octanol–water partition coefficient (Wildman–Crippen LogP) is 4.01. The van der Waals surface area contributed by atoms with Gasteiger partial charge in [-0.1, -0.05) is 40.0 Å². The van der Waals surface area contributed by atoms with Crippen molar-refractivity contribution in [2.45, 2.75) is 65.3 Å². The van der Waals surface area contributed by atoms with Crippen LogP contribution in [0, 0.1) is 5.92 Å². The Hall–Kier alpha value is 0.270. The SMILES string of the molecule is CCCNC(CSCCN(CC)CC)C1CCCCC1. The molecule has 20 heavy (non-hydrogen) atoms. The minimum Gasteiger partial charge on any atom is -0.313 e. The Balaban J connectivity index is 2.25. The van der Waals surface area contributed by atoms with Gasteiger partial charge in [-0.2, -0.15) is 11.8 Å². The van der Waals surface area contributed by atoms with E-state index in [-0.39, 0.29) is 0 Å². The van der Waals surface area contributed by atoms with Gasteiger partial charge in [0, 0.05) is 24.1 Å². The van der Waals surface area contributed by atoms with E-state index < -0.39 is 0 Å². The van der Waals surface area contributed by atoms with E-state index in [1.54, 1.807) is 0 Å². The van der Waals surface area contributed by atoms with Gasteiger partial charge >= 0.3 is 0 Å². The molecule has 0 aliphatic heterocycles. The molecule has 1 rings (SSSR count). The van der Waals surface area contributed by atoms with Crippen molar-refractivity contribution in [3.8, 4) is 0 Å². The molecule has 1 fully saturated rings. The highest BCUT2D eigenvalue weighted by Crippen LogP contribution is 2.28. The lowest BCUT2D eigenvalue weighted by Crippen LogP contribution is -2.40. The smallest absolute Gasteiger partial charge is 0.0186 e. The van der Waals surface area contributed by atoms with Crippen molar-refractivity contribution in [3.05, 3.63) is 0 Å². The number of thioether (sulfide) groups is 1. The highest BCUT2D eigenvalue weighted by molar-refractivity contribution is 7.99. The molecule has 0 bridgehead atoms. The molecule has 0 heterocycles. The van der Waals surface area contributed by atoms with Gasteiger partial charge in [-0.15, -0.1) is 0 Å². The summed E-state index contributed by atoms with van der Waals surface area (Å²) in [7, 11) is 0. The standard InChI is InChI=1S/C17H36N2S/c1-4-12-18-17(16-10-8-7-9-11-16)15-20-14-13-19(5-2)6-3/h16-18H,4-15H2,1-3H3. The van der Waals surface area contributed by atoms with Crippen molar-refractivity contribution >= 4 is 11.8 Å². The number of nitrogens with zero attached hydrogens (tertiary/aromatic N) is 1. The molecule has 1 atom stereocenters. The van der Waals surface area contributed by atoms with Crippen LogP contribution in [-0.4, -0.2) is 48.6 Å². The Morgan fingerprint density at radius 2 is 1.80 bits per heavy atom. The molecule has 1 aliphatic carbocycles. The van der Waals surface area contributed by atoms with Gasteiger partial charge in [0.2, 0.25) is 0 Å². The Morgan fingerprint density at radius 1 is 1.10 bits per heavy atom. The Morgan fingerprint density at radius 3 is 2.40 bits per heavy atom. The van der Waals surface area contributed by atoms with Crippen LogP contribution in [0.5, 0.6) is 0 Å². The molecule has 0 aromatic rings. The second kappa shape index (κ2) is 11.9. The topological polar surface area (TPSA) is 15.3 Å². The van der Waals surface area contributed by atoms with Crippen LogP contribution < -0.4 is 5.32 Å². The van der Waals surface area contributed by atoms with E-state index >= 15 is 0 Å². The number of hydrogen-bond donors (Lipinski definition) is 1. The van der Waals surface area contributed by atoms with E-state index in [9.17, 15) is 0 Å². The summed E-state index contributed by atoms with van der Waals surface area (Å²) < 4.78 is 0. The summed E-state index contributed by atoms with van der Waals surface area (Å²) in [5.74, 6) is 3.54. The summed E-state index contributed by atoms with van der Waals surface area (Å²) in [4.78, 5) is 2.53. The summed E-state index contributed by atoms with van der Waals surface area (Å²) in [6.07, 6.45) is 8.55. The van der Waals surface area contributed by atoms with E-state index in [2.05, 4.69) is 42.7 Å². The van der Waals surface area contributed by atoms with Crippen LogP contribution in [0.25, 0.3) is 0 Å². The van der Waals surface area contributed by atoms with Crippen molar-refractivity contribution in [1.29, 1.82) is 0 Å². The van der Waals surface area contributed by atoms with Crippen molar-refractivity contribution in [2.24, 2.45) is 5.92 Å². The average Bonchev–Trinajstić information content (AvgIpc) is 2.51. The van der Waals surface area contributed by atoms with Gasteiger partial charge in [-0.3, -0.25) is 0 Å². The Labute approximate surface area is 131 Å². The van der Waals surface area contributed by atoms with Crippen LogP contribution in [0.15, 0.2) is 0 Å². The first kappa shape index (κ1) is 18.3. The van der Waals surface area contributed by atoms with Crippen LogP contribution >= 0.6 is 11.8 Å². The van der Waals surface area contributed by atoms with Crippen LogP contribution in [-0.2, 0) is 0 Å². The second-order valence-corrected chi connectivity index (χ2v) is 7.21. The maximum absolute atomic E-state index is 3.82. The first-order chi connectivity index (χ1) is 9.81. The van der Waals surface area contributed by atoms with Crippen LogP contribution in [0.1, 0.15) is 59.3 Å². The van der Waals surface area contributed by atoms with Gasteiger partial charge < -0.3 is 10.2 Å². The number of hydrogen-bond acceptors (Lipinski definition) is 3. The van der Waals surface area contributed by atoms with Gasteiger partial charge in [-0.05, 0) is 44.8 Å². The lowest BCUT2D eigenvalue weighted by molar-refractivity contribution is 0.285. The summed E-state index contributed by atoms with van der Waals surface area (Å²) in [6, 6.07) is 0.761. The maximum Gasteiger partial charge on any atom is 0.0186 e. The highest BCUT2D eigenvalue weighted by atomic mass is 32.2. The van der Waals surface area contributed by atoms with Crippen molar-refractivity contribution in [1.82, 2.24) is 10.2 Å². The lowest BCUT2D eigenvalue weighted by Gasteiger charge is -2.31. The van der Waals surface area contributed by atoms with Crippen molar-refractivity contribution in [3.63, 3.8) is 0 Å². The van der Waals surface area contributed by atoms with Gasteiger partial charge in [0.1, 0.15) is 0 Å². The third kappa shape index (κ3) is 7.33. The maximum atomic E-state index is 3.82. The molecular formula is C17H36N2S. The molecule has 2 nitrogen and oxygen atoms in total. The monoisotopic (exact) mass is 300 g/mol. The van der Waals surface area contributed by atoms with Crippen molar-refractivity contribution < 1.29 is 0 Å². The molecule has 0 aromatic heterocycles. The molecule has 1 saturated carbocycles. The predicted molar refractivity (Wildman–Crippen MR) is 93.8 cm³/mol. The average molecular weight is 301 g/mol. The van der Waals surface area contributed by atoms with Gasteiger partial charge in [0.05, 0.1) is 0 Å². The molecule has 0 spiro atoms. The molecule has 0 radical (unpaired) electrons. The molecule has 0 aromatic carbocycles. The Bertz CT molecular complexity index is 213. The van der Waals surface area contributed by atoms with E-state index in [0.717, 1.165) is 12.0 Å². The molecule has 1 unspecified atom stereocenters. The molecule has 0 saturated heterocycles.